The zero-order valence-electron chi connectivity index (χ0n) is 8.89. The van der Waals surface area contributed by atoms with Gasteiger partial charge in [-0.3, -0.25) is 4.79 Å². The van der Waals surface area contributed by atoms with Crippen LogP contribution in [0.5, 0.6) is 0 Å². The van der Waals surface area contributed by atoms with Crippen LogP contribution in [0.1, 0.15) is 26.7 Å². The van der Waals surface area contributed by atoms with Gasteiger partial charge >= 0.3 is 0 Å². The van der Waals surface area contributed by atoms with E-state index < -0.39 is 0 Å². The average Bonchev–Trinajstić information content (AvgIpc) is 2.18. The van der Waals surface area contributed by atoms with Crippen molar-refractivity contribution in [3.8, 4) is 11.8 Å². The summed E-state index contributed by atoms with van der Waals surface area (Å²) >= 11 is 0. The molecule has 0 aromatic carbocycles. The molecule has 1 aliphatic rings. The summed E-state index contributed by atoms with van der Waals surface area (Å²) in [7, 11) is 0. The summed E-state index contributed by atoms with van der Waals surface area (Å²) in [6, 6.07) is 0.290. The standard InChI is InChI=1S/C11H18N2O/c1-3-4-7-13-11(14)10-6-5-8-12-9(10)2/h9-10,12H,5-8H2,1-2H3,(H,13,14). The average molecular weight is 194 g/mol. The van der Waals surface area contributed by atoms with Crippen molar-refractivity contribution in [1.29, 1.82) is 0 Å². The highest BCUT2D eigenvalue weighted by Crippen LogP contribution is 2.15. The number of hydrogen-bond donors (Lipinski definition) is 2. The van der Waals surface area contributed by atoms with Crippen molar-refractivity contribution in [2.24, 2.45) is 5.92 Å². The molecule has 0 spiro atoms. The Morgan fingerprint density at radius 3 is 3.07 bits per heavy atom. The second kappa shape index (κ2) is 5.66. The number of piperidine rings is 1. The molecule has 2 atom stereocenters. The maximum absolute atomic E-state index is 11.7. The molecule has 1 rings (SSSR count). The van der Waals surface area contributed by atoms with Crippen molar-refractivity contribution < 1.29 is 4.79 Å². The smallest absolute Gasteiger partial charge is 0.225 e. The van der Waals surface area contributed by atoms with Gasteiger partial charge in [0.1, 0.15) is 0 Å². The predicted octanol–water partition coefficient (Wildman–Crippen LogP) is 0.514. The van der Waals surface area contributed by atoms with Crippen LogP contribution in [0, 0.1) is 17.8 Å². The number of nitrogens with one attached hydrogen (secondary N) is 2. The third kappa shape index (κ3) is 3.04. The van der Waals surface area contributed by atoms with Gasteiger partial charge in [-0.2, -0.15) is 0 Å². The molecule has 1 amide bonds. The fourth-order valence-corrected chi connectivity index (χ4v) is 1.75. The number of amides is 1. The molecule has 0 aliphatic carbocycles. The summed E-state index contributed by atoms with van der Waals surface area (Å²) < 4.78 is 0. The highest BCUT2D eigenvalue weighted by molar-refractivity contribution is 5.79. The molecular weight excluding hydrogens is 176 g/mol. The number of carbonyl (C=O) groups is 1. The molecule has 0 aromatic heterocycles. The fraction of sp³-hybridized carbons (Fsp3) is 0.727. The summed E-state index contributed by atoms with van der Waals surface area (Å²) in [6.07, 6.45) is 2.07. The number of hydrogen-bond acceptors (Lipinski definition) is 2. The topological polar surface area (TPSA) is 41.1 Å². The van der Waals surface area contributed by atoms with Crippen molar-refractivity contribution in [3.05, 3.63) is 0 Å². The quantitative estimate of drug-likeness (QED) is 0.629. The lowest BCUT2D eigenvalue weighted by Gasteiger charge is -2.28. The van der Waals surface area contributed by atoms with Gasteiger partial charge in [0.2, 0.25) is 5.91 Å². The molecule has 2 unspecified atom stereocenters. The maximum Gasteiger partial charge on any atom is 0.225 e. The van der Waals surface area contributed by atoms with E-state index in [2.05, 4.69) is 29.4 Å². The van der Waals surface area contributed by atoms with Gasteiger partial charge in [0.25, 0.3) is 0 Å². The van der Waals surface area contributed by atoms with Crippen LogP contribution in [0.3, 0.4) is 0 Å². The van der Waals surface area contributed by atoms with Crippen LogP contribution in [0.15, 0.2) is 0 Å². The van der Waals surface area contributed by atoms with E-state index in [9.17, 15) is 4.79 Å². The van der Waals surface area contributed by atoms with Crippen molar-refractivity contribution in [2.45, 2.75) is 32.7 Å². The van der Waals surface area contributed by atoms with E-state index in [0.717, 1.165) is 19.4 Å². The fourth-order valence-electron chi connectivity index (χ4n) is 1.75. The molecule has 0 radical (unpaired) electrons. The van der Waals surface area contributed by atoms with Crippen molar-refractivity contribution in [1.82, 2.24) is 10.6 Å². The monoisotopic (exact) mass is 194 g/mol. The summed E-state index contributed by atoms with van der Waals surface area (Å²) in [5.74, 6) is 5.83. The Morgan fingerprint density at radius 2 is 2.43 bits per heavy atom. The zero-order valence-corrected chi connectivity index (χ0v) is 8.89. The molecule has 1 aliphatic heterocycles. The molecule has 1 fully saturated rings. The number of rotatable bonds is 2. The normalized spacial score (nSPS) is 26.1. The van der Waals surface area contributed by atoms with E-state index >= 15 is 0 Å². The molecular formula is C11H18N2O. The summed E-state index contributed by atoms with van der Waals surface area (Å²) in [4.78, 5) is 11.7. The van der Waals surface area contributed by atoms with Crippen LogP contribution in [0.25, 0.3) is 0 Å². The van der Waals surface area contributed by atoms with Crippen LogP contribution in [-0.2, 0) is 4.79 Å². The second-order valence-electron chi connectivity index (χ2n) is 3.64. The molecule has 2 N–H and O–H groups in total. The van der Waals surface area contributed by atoms with Gasteiger partial charge in [-0.25, -0.2) is 0 Å². The van der Waals surface area contributed by atoms with Crippen molar-refractivity contribution in [3.63, 3.8) is 0 Å². The zero-order chi connectivity index (χ0) is 10.4. The molecule has 1 saturated heterocycles. The Labute approximate surface area is 85.6 Å². The lowest BCUT2D eigenvalue weighted by molar-refractivity contribution is -0.126. The molecule has 1 heterocycles. The highest BCUT2D eigenvalue weighted by atomic mass is 16.1. The lowest BCUT2D eigenvalue weighted by Crippen LogP contribution is -2.46. The Balaban J connectivity index is 2.36. The van der Waals surface area contributed by atoms with Gasteiger partial charge in [0, 0.05) is 6.04 Å². The minimum Gasteiger partial charge on any atom is -0.345 e. The first-order valence-electron chi connectivity index (χ1n) is 5.16. The van der Waals surface area contributed by atoms with Crippen molar-refractivity contribution >= 4 is 5.91 Å². The molecule has 14 heavy (non-hydrogen) atoms. The predicted molar refractivity (Wildman–Crippen MR) is 56.6 cm³/mol. The van der Waals surface area contributed by atoms with Gasteiger partial charge in [-0.05, 0) is 33.2 Å². The van der Waals surface area contributed by atoms with Gasteiger partial charge < -0.3 is 10.6 Å². The van der Waals surface area contributed by atoms with Gasteiger partial charge in [-0.1, -0.05) is 5.92 Å². The van der Waals surface area contributed by atoms with Gasteiger partial charge in [-0.15, -0.1) is 5.92 Å². The van der Waals surface area contributed by atoms with Crippen LogP contribution < -0.4 is 10.6 Å². The molecule has 0 bridgehead atoms. The molecule has 3 nitrogen and oxygen atoms in total. The summed E-state index contributed by atoms with van der Waals surface area (Å²) in [5.41, 5.74) is 0. The van der Waals surface area contributed by atoms with Gasteiger partial charge in [0.15, 0.2) is 0 Å². The summed E-state index contributed by atoms with van der Waals surface area (Å²) in [5, 5.41) is 6.14. The van der Waals surface area contributed by atoms with E-state index in [1.54, 1.807) is 6.92 Å². The third-order valence-corrected chi connectivity index (χ3v) is 2.63. The molecule has 3 heteroatoms. The Bertz CT molecular complexity index is 252. The minimum atomic E-state index is 0.113. The Morgan fingerprint density at radius 1 is 1.64 bits per heavy atom. The Kier molecular flexibility index (Phi) is 4.48. The van der Waals surface area contributed by atoms with Crippen LogP contribution in [-0.4, -0.2) is 25.0 Å². The SMILES string of the molecule is CC#CCNC(=O)C1CCCNC1C. The molecule has 0 aromatic rings. The van der Waals surface area contributed by atoms with E-state index in [1.165, 1.54) is 0 Å². The minimum absolute atomic E-state index is 0.113. The third-order valence-electron chi connectivity index (χ3n) is 2.63. The van der Waals surface area contributed by atoms with Crippen LogP contribution in [0.4, 0.5) is 0 Å². The van der Waals surface area contributed by atoms with Gasteiger partial charge in [0.05, 0.1) is 12.5 Å². The van der Waals surface area contributed by atoms with Crippen LogP contribution in [0.2, 0.25) is 0 Å². The first-order chi connectivity index (χ1) is 6.75. The molecule has 0 saturated carbocycles. The van der Waals surface area contributed by atoms with E-state index in [0.29, 0.717) is 12.6 Å². The van der Waals surface area contributed by atoms with E-state index in [1.807, 2.05) is 0 Å². The largest absolute Gasteiger partial charge is 0.345 e. The number of carbonyl (C=O) groups excluding carboxylic acids is 1. The second-order valence-corrected chi connectivity index (χ2v) is 3.64. The molecule has 78 valence electrons. The Hall–Kier alpha value is -1.01. The highest BCUT2D eigenvalue weighted by Gasteiger charge is 2.26. The first-order valence-corrected chi connectivity index (χ1v) is 5.16. The van der Waals surface area contributed by atoms with E-state index in [-0.39, 0.29) is 11.8 Å². The summed E-state index contributed by atoms with van der Waals surface area (Å²) in [6.45, 7) is 5.34. The maximum atomic E-state index is 11.7. The lowest BCUT2D eigenvalue weighted by atomic mass is 9.91. The van der Waals surface area contributed by atoms with E-state index in [4.69, 9.17) is 0 Å². The first kappa shape index (κ1) is 11.1. The van der Waals surface area contributed by atoms with Crippen molar-refractivity contribution in [2.75, 3.05) is 13.1 Å². The van der Waals surface area contributed by atoms with Crippen LogP contribution >= 0.6 is 0 Å².